The number of hydrogen-bond donors (Lipinski definition) is 3. The molecule has 1 atom stereocenters. The third-order valence-electron chi connectivity index (χ3n) is 3.07. The molecule has 0 aliphatic carbocycles. The molecule has 21 heavy (non-hydrogen) atoms. The molecule has 6 nitrogen and oxygen atoms in total. The summed E-state index contributed by atoms with van der Waals surface area (Å²) in [5.74, 6) is 0.182. The van der Waals surface area contributed by atoms with Crippen molar-refractivity contribution >= 4 is 15.9 Å². The van der Waals surface area contributed by atoms with E-state index in [1.165, 1.54) is 31.3 Å². The first-order valence-corrected chi connectivity index (χ1v) is 8.33. The van der Waals surface area contributed by atoms with E-state index in [1.54, 1.807) is 0 Å². The molecule has 0 aliphatic heterocycles. The maximum atomic E-state index is 12.1. The van der Waals surface area contributed by atoms with Crippen LogP contribution in [0.25, 0.3) is 0 Å². The zero-order valence-electron chi connectivity index (χ0n) is 12.6. The monoisotopic (exact) mass is 313 g/mol. The summed E-state index contributed by atoms with van der Waals surface area (Å²) in [6, 6.07) is 5.70. The number of hydrogen-bond acceptors (Lipinski definition) is 4. The molecule has 118 valence electrons. The van der Waals surface area contributed by atoms with Crippen LogP contribution in [0.15, 0.2) is 29.2 Å². The van der Waals surface area contributed by atoms with E-state index >= 15 is 0 Å². The first-order chi connectivity index (χ1) is 9.80. The number of carbonyl (C=O) groups excluding carboxylic acids is 1. The SMILES string of the molecule is CNS(=O)(=O)c1ccc(C(=O)NC(CN)CC(C)C)cc1. The molecule has 0 aliphatic rings. The molecule has 0 saturated heterocycles. The molecule has 1 rings (SSSR count). The van der Waals surface area contributed by atoms with Crippen LogP contribution in [0.4, 0.5) is 0 Å². The van der Waals surface area contributed by atoms with Crippen LogP contribution in [0.1, 0.15) is 30.6 Å². The molecule has 0 spiro atoms. The molecule has 7 heteroatoms. The summed E-state index contributed by atoms with van der Waals surface area (Å²) in [7, 11) is -2.14. The van der Waals surface area contributed by atoms with Crippen molar-refractivity contribution in [2.45, 2.75) is 31.2 Å². The second-order valence-corrected chi connectivity index (χ2v) is 7.15. The van der Waals surface area contributed by atoms with Gasteiger partial charge < -0.3 is 11.1 Å². The number of rotatable bonds is 7. The highest BCUT2D eigenvalue weighted by atomic mass is 32.2. The third kappa shape index (κ3) is 5.11. The molecule has 1 unspecified atom stereocenters. The normalized spacial score (nSPS) is 13.2. The van der Waals surface area contributed by atoms with Gasteiger partial charge >= 0.3 is 0 Å². The predicted molar refractivity (Wildman–Crippen MR) is 82.5 cm³/mol. The fourth-order valence-corrected chi connectivity index (χ4v) is 2.69. The van der Waals surface area contributed by atoms with Gasteiger partial charge in [-0.25, -0.2) is 13.1 Å². The third-order valence-corrected chi connectivity index (χ3v) is 4.50. The average Bonchev–Trinajstić information content (AvgIpc) is 2.46. The Labute approximate surface area is 126 Å². The summed E-state index contributed by atoms with van der Waals surface area (Å²) in [6.45, 7) is 4.49. The maximum Gasteiger partial charge on any atom is 0.251 e. The second-order valence-electron chi connectivity index (χ2n) is 5.27. The molecule has 0 saturated carbocycles. The van der Waals surface area contributed by atoms with Crippen molar-refractivity contribution in [2.24, 2.45) is 11.7 Å². The zero-order valence-corrected chi connectivity index (χ0v) is 13.4. The Balaban J connectivity index is 2.80. The Hall–Kier alpha value is -1.44. The molecule has 1 amide bonds. The molecule has 1 aromatic carbocycles. The topological polar surface area (TPSA) is 101 Å². The van der Waals surface area contributed by atoms with Crippen molar-refractivity contribution in [1.82, 2.24) is 10.0 Å². The van der Waals surface area contributed by atoms with Gasteiger partial charge in [-0.3, -0.25) is 4.79 Å². The lowest BCUT2D eigenvalue weighted by Crippen LogP contribution is -2.41. The molecule has 0 aromatic heterocycles. The van der Waals surface area contributed by atoms with Gasteiger partial charge in [0.2, 0.25) is 10.0 Å². The summed E-state index contributed by atoms with van der Waals surface area (Å²) < 4.78 is 25.4. The smallest absolute Gasteiger partial charge is 0.251 e. The van der Waals surface area contributed by atoms with Gasteiger partial charge in [0.25, 0.3) is 5.91 Å². The van der Waals surface area contributed by atoms with Crippen LogP contribution < -0.4 is 15.8 Å². The molecule has 0 heterocycles. The molecule has 0 bridgehead atoms. The summed E-state index contributed by atoms with van der Waals surface area (Å²) in [5.41, 5.74) is 6.05. The minimum atomic E-state index is -3.49. The number of carbonyl (C=O) groups is 1. The highest BCUT2D eigenvalue weighted by Crippen LogP contribution is 2.11. The molecule has 0 radical (unpaired) electrons. The van der Waals surface area contributed by atoms with Crippen molar-refractivity contribution in [3.8, 4) is 0 Å². The van der Waals surface area contributed by atoms with E-state index in [-0.39, 0.29) is 16.8 Å². The van der Waals surface area contributed by atoms with Crippen molar-refractivity contribution in [2.75, 3.05) is 13.6 Å². The molecule has 1 aromatic rings. The van der Waals surface area contributed by atoms with Crippen molar-refractivity contribution in [1.29, 1.82) is 0 Å². The summed E-state index contributed by atoms with van der Waals surface area (Å²) >= 11 is 0. The van der Waals surface area contributed by atoms with E-state index in [2.05, 4.69) is 23.9 Å². The summed E-state index contributed by atoms with van der Waals surface area (Å²) in [4.78, 5) is 12.2. The minimum Gasteiger partial charge on any atom is -0.348 e. The first kappa shape index (κ1) is 17.6. The highest BCUT2D eigenvalue weighted by Gasteiger charge is 2.15. The van der Waals surface area contributed by atoms with Crippen LogP contribution in [0.5, 0.6) is 0 Å². The standard InChI is InChI=1S/C14H23N3O3S/c1-10(2)8-12(9-15)17-14(18)11-4-6-13(7-5-11)21(19,20)16-3/h4-7,10,12,16H,8-9,15H2,1-3H3,(H,17,18). The van der Waals surface area contributed by atoms with Crippen LogP contribution >= 0.6 is 0 Å². The van der Waals surface area contributed by atoms with Crippen molar-refractivity contribution < 1.29 is 13.2 Å². The van der Waals surface area contributed by atoms with E-state index in [4.69, 9.17) is 5.73 Å². The van der Waals surface area contributed by atoms with Gasteiger partial charge in [0, 0.05) is 18.2 Å². The Morgan fingerprint density at radius 1 is 1.24 bits per heavy atom. The van der Waals surface area contributed by atoms with Crippen molar-refractivity contribution in [3.63, 3.8) is 0 Å². The number of nitrogens with one attached hydrogen (secondary N) is 2. The van der Waals surface area contributed by atoms with E-state index in [1.807, 2.05) is 0 Å². The lowest BCUT2D eigenvalue weighted by atomic mass is 10.0. The Bertz CT molecular complexity index is 568. The second kappa shape index (κ2) is 7.53. The van der Waals surface area contributed by atoms with Crippen LogP contribution in [-0.4, -0.2) is 34.0 Å². The Kier molecular flexibility index (Phi) is 6.32. The van der Waals surface area contributed by atoms with E-state index in [0.29, 0.717) is 18.0 Å². The van der Waals surface area contributed by atoms with Gasteiger partial charge in [-0.05, 0) is 43.7 Å². The van der Waals surface area contributed by atoms with Crippen molar-refractivity contribution in [3.05, 3.63) is 29.8 Å². The lowest BCUT2D eigenvalue weighted by molar-refractivity contribution is 0.0933. The Morgan fingerprint density at radius 2 is 1.81 bits per heavy atom. The van der Waals surface area contributed by atoms with Gasteiger partial charge in [0.15, 0.2) is 0 Å². The number of amides is 1. The summed E-state index contributed by atoms with van der Waals surface area (Å²) in [5, 5.41) is 2.86. The molecule has 4 N–H and O–H groups in total. The number of nitrogens with two attached hydrogens (primary N) is 1. The van der Waals surface area contributed by atoms with Crippen LogP contribution in [-0.2, 0) is 10.0 Å². The van der Waals surface area contributed by atoms with Crippen LogP contribution in [0.2, 0.25) is 0 Å². The lowest BCUT2D eigenvalue weighted by Gasteiger charge is -2.18. The van der Waals surface area contributed by atoms with Gasteiger partial charge in [0.05, 0.1) is 4.90 Å². The van der Waals surface area contributed by atoms with E-state index < -0.39 is 10.0 Å². The van der Waals surface area contributed by atoms with E-state index in [9.17, 15) is 13.2 Å². The molecular weight excluding hydrogens is 290 g/mol. The largest absolute Gasteiger partial charge is 0.348 e. The number of sulfonamides is 1. The fourth-order valence-electron chi connectivity index (χ4n) is 1.96. The predicted octanol–water partition coefficient (Wildman–Crippen LogP) is 0.698. The molecule has 0 fully saturated rings. The van der Waals surface area contributed by atoms with E-state index in [0.717, 1.165) is 6.42 Å². The van der Waals surface area contributed by atoms with Crippen LogP contribution in [0, 0.1) is 5.92 Å². The highest BCUT2D eigenvalue weighted by molar-refractivity contribution is 7.89. The maximum absolute atomic E-state index is 12.1. The zero-order chi connectivity index (χ0) is 16.0. The fraction of sp³-hybridized carbons (Fsp3) is 0.500. The van der Waals surface area contributed by atoms with Gasteiger partial charge in [-0.1, -0.05) is 13.8 Å². The first-order valence-electron chi connectivity index (χ1n) is 6.84. The average molecular weight is 313 g/mol. The summed E-state index contributed by atoms with van der Waals surface area (Å²) in [6.07, 6.45) is 0.800. The quantitative estimate of drug-likeness (QED) is 0.689. The Morgan fingerprint density at radius 3 is 2.24 bits per heavy atom. The van der Waals surface area contributed by atoms with Gasteiger partial charge in [-0.15, -0.1) is 0 Å². The number of benzene rings is 1. The minimum absolute atomic E-state index is 0.0850. The van der Waals surface area contributed by atoms with Crippen LogP contribution in [0.3, 0.4) is 0 Å². The van der Waals surface area contributed by atoms with Gasteiger partial charge in [0.1, 0.15) is 0 Å². The molecular formula is C14H23N3O3S. The van der Waals surface area contributed by atoms with Gasteiger partial charge in [-0.2, -0.15) is 0 Å².